The topological polar surface area (TPSA) is 52.8 Å². The first-order valence-corrected chi connectivity index (χ1v) is 2.12. The van der Waals surface area contributed by atoms with Crippen LogP contribution in [-0.2, 0) is 0 Å². The third kappa shape index (κ3) is 4.02. The molecule has 0 heterocycles. The van der Waals surface area contributed by atoms with Crippen LogP contribution in [-0.4, -0.2) is 16.5 Å². The van der Waals surface area contributed by atoms with Gasteiger partial charge in [0, 0.05) is 0 Å². The lowest BCUT2D eigenvalue weighted by Crippen LogP contribution is -1.52. The highest BCUT2D eigenvalue weighted by molar-refractivity contribution is 7.43. The van der Waals surface area contributed by atoms with Gasteiger partial charge in [-0.3, -0.25) is 0 Å². The van der Waals surface area contributed by atoms with E-state index in [-0.39, 0.29) is 0 Å². The number of nitrogens with zero attached hydrogens (tertiary/aromatic N) is 1. The Hall–Kier alpha value is 0.0200. The Bertz CT molecular complexity index is 36.6. The van der Waals surface area contributed by atoms with E-state index in [4.69, 9.17) is 9.79 Å². The SMILES string of the molecule is C=NP(O)O. The Balaban J connectivity index is 2.83. The van der Waals surface area contributed by atoms with Gasteiger partial charge >= 0.3 is 8.53 Å². The summed E-state index contributed by atoms with van der Waals surface area (Å²) < 4.78 is 2.81. The second kappa shape index (κ2) is 2.27. The molecule has 0 spiro atoms. The fourth-order valence-corrected chi connectivity index (χ4v) is 0. The minimum absolute atomic E-state index is 2.08. The molecule has 0 saturated carbocycles. The van der Waals surface area contributed by atoms with E-state index in [9.17, 15) is 0 Å². The first-order chi connectivity index (χ1) is 2.27. The predicted octanol–water partition coefficient (Wildman–Crippen LogP) is -0.102. The molecule has 0 unspecified atom stereocenters. The highest BCUT2D eigenvalue weighted by Crippen LogP contribution is 2.21. The first kappa shape index (κ1) is 5.02. The van der Waals surface area contributed by atoms with Crippen LogP contribution in [0.25, 0.3) is 0 Å². The maximum Gasteiger partial charge on any atom is 0.303 e. The van der Waals surface area contributed by atoms with Crippen molar-refractivity contribution >= 4 is 15.2 Å². The van der Waals surface area contributed by atoms with Crippen molar-refractivity contribution in [2.75, 3.05) is 0 Å². The van der Waals surface area contributed by atoms with Crippen LogP contribution in [0.5, 0.6) is 0 Å². The summed E-state index contributed by atoms with van der Waals surface area (Å²) in [6.45, 7) is 2.84. The van der Waals surface area contributed by atoms with E-state index >= 15 is 0 Å². The molecule has 0 rings (SSSR count). The summed E-state index contributed by atoms with van der Waals surface area (Å²) in [5.41, 5.74) is 0. The molecule has 30 valence electrons. The molecular formula is CH4NO2P. The normalized spacial score (nSPS) is 8.60. The van der Waals surface area contributed by atoms with Crippen molar-refractivity contribution in [2.24, 2.45) is 4.76 Å². The molecule has 0 amide bonds. The average Bonchev–Trinajstić information content (AvgIpc) is 1.38. The summed E-state index contributed by atoms with van der Waals surface area (Å²) in [7, 11) is -2.08. The van der Waals surface area contributed by atoms with Gasteiger partial charge in [-0.2, -0.15) is 0 Å². The van der Waals surface area contributed by atoms with Crippen LogP contribution in [0.15, 0.2) is 4.76 Å². The molecule has 2 N–H and O–H groups in total. The second-order valence-corrected chi connectivity index (χ2v) is 1.23. The molecule has 0 saturated heterocycles. The van der Waals surface area contributed by atoms with E-state index in [1.165, 1.54) is 0 Å². The molecule has 0 aromatic carbocycles. The van der Waals surface area contributed by atoms with Crippen LogP contribution >= 0.6 is 8.53 Å². The maximum atomic E-state index is 7.75. The van der Waals surface area contributed by atoms with Crippen LogP contribution in [0.1, 0.15) is 0 Å². The number of hydrogen-bond acceptors (Lipinski definition) is 3. The quantitative estimate of drug-likeness (QED) is 0.351. The molecule has 0 aromatic rings. The Morgan fingerprint density at radius 2 is 1.80 bits per heavy atom. The maximum absolute atomic E-state index is 7.75. The molecule has 3 nitrogen and oxygen atoms in total. The molecule has 0 bridgehead atoms. The van der Waals surface area contributed by atoms with E-state index in [1.54, 1.807) is 0 Å². The fraction of sp³-hybridized carbons (Fsp3) is 0. The van der Waals surface area contributed by atoms with Crippen molar-refractivity contribution in [3.8, 4) is 0 Å². The minimum atomic E-state index is -2.08. The van der Waals surface area contributed by atoms with Crippen LogP contribution in [0, 0.1) is 0 Å². The zero-order valence-electron chi connectivity index (χ0n) is 2.50. The van der Waals surface area contributed by atoms with Crippen LogP contribution in [0.4, 0.5) is 0 Å². The van der Waals surface area contributed by atoms with Gasteiger partial charge in [0.2, 0.25) is 0 Å². The second-order valence-electron chi connectivity index (χ2n) is 0.410. The van der Waals surface area contributed by atoms with Gasteiger partial charge in [-0.05, 0) is 6.72 Å². The smallest absolute Gasteiger partial charge is 0.303 e. The van der Waals surface area contributed by atoms with Gasteiger partial charge in [-0.25, -0.2) is 4.76 Å². The fourth-order valence-electron chi connectivity index (χ4n) is 0. The highest BCUT2D eigenvalue weighted by Gasteiger charge is 1.81. The summed E-state index contributed by atoms with van der Waals surface area (Å²) in [5.74, 6) is 0. The Kier molecular flexibility index (Phi) is 2.28. The molecular weight excluding hydrogens is 89.0 g/mol. The standard InChI is InChI=1S/CH4NO2P/c1-2-5(3)4/h3-4H,1H2. The van der Waals surface area contributed by atoms with Crippen LogP contribution in [0.2, 0.25) is 0 Å². The lowest BCUT2D eigenvalue weighted by Gasteiger charge is -1.81. The minimum Gasteiger partial charge on any atom is -0.332 e. The Labute approximate surface area is 31.0 Å². The van der Waals surface area contributed by atoms with Crippen molar-refractivity contribution < 1.29 is 9.79 Å². The first-order valence-electron chi connectivity index (χ1n) is 0.916. The molecule has 0 atom stereocenters. The van der Waals surface area contributed by atoms with Crippen LogP contribution in [0.3, 0.4) is 0 Å². The van der Waals surface area contributed by atoms with Gasteiger partial charge in [-0.15, -0.1) is 0 Å². The molecule has 5 heavy (non-hydrogen) atoms. The monoisotopic (exact) mass is 93.0 g/mol. The summed E-state index contributed by atoms with van der Waals surface area (Å²) >= 11 is 0. The Morgan fingerprint density at radius 1 is 1.60 bits per heavy atom. The zero-order valence-corrected chi connectivity index (χ0v) is 3.39. The van der Waals surface area contributed by atoms with E-state index in [0.29, 0.717) is 0 Å². The van der Waals surface area contributed by atoms with E-state index in [0.717, 1.165) is 0 Å². The van der Waals surface area contributed by atoms with Crippen molar-refractivity contribution in [2.45, 2.75) is 0 Å². The summed E-state index contributed by atoms with van der Waals surface area (Å²) in [6.07, 6.45) is 0. The third-order valence-electron chi connectivity index (χ3n) is 0.126. The van der Waals surface area contributed by atoms with Gasteiger partial charge < -0.3 is 9.79 Å². The van der Waals surface area contributed by atoms with Crippen molar-refractivity contribution in [3.63, 3.8) is 0 Å². The average molecular weight is 93.0 g/mol. The van der Waals surface area contributed by atoms with Crippen molar-refractivity contribution in [1.29, 1.82) is 0 Å². The number of rotatable bonds is 1. The van der Waals surface area contributed by atoms with Gasteiger partial charge in [-0.1, -0.05) is 0 Å². The molecule has 0 fully saturated rings. The highest BCUT2D eigenvalue weighted by atomic mass is 31.2. The molecule has 0 radical (unpaired) electrons. The van der Waals surface area contributed by atoms with Crippen LogP contribution < -0.4 is 0 Å². The van der Waals surface area contributed by atoms with Crippen molar-refractivity contribution in [1.82, 2.24) is 0 Å². The van der Waals surface area contributed by atoms with Gasteiger partial charge in [0.25, 0.3) is 0 Å². The predicted molar refractivity (Wildman–Crippen MR) is 20.9 cm³/mol. The molecule has 0 aliphatic heterocycles. The zero-order chi connectivity index (χ0) is 4.28. The molecule has 4 heteroatoms. The van der Waals surface area contributed by atoms with Gasteiger partial charge in [0.05, 0.1) is 0 Å². The van der Waals surface area contributed by atoms with Gasteiger partial charge in [0.1, 0.15) is 0 Å². The van der Waals surface area contributed by atoms with E-state index < -0.39 is 8.53 Å². The van der Waals surface area contributed by atoms with E-state index in [1.807, 2.05) is 0 Å². The van der Waals surface area contributed by atoms with Gasteiger partial charge in [0.15, 0.2) is 0 Å². The molecule has 0 aliphatic carbocycles. The lowest BCUT2D eigenvalue weighted by atomic mass is 11.8. The van der Waals surface area contributed by atoms with E-state index in [2.05, 4.69) is 11.5 Å². The third-order valence-corrected chi connectivity index (χ3v) is 0.379. The van der Waals surface area contributed by atoms with Crippen molar-refractivity contribution in [3.05, 3.63) is 0 Å². The largest absolute Gasteiger partial charge is 0.332 e. The number of hydrogen-bond donors (Lipinski definition) is 2. The summed E-state index contributed by atoms with van der Waals surface area (Å²) in [6, 6.07) is 0. The lowest BCUT2D eigenvalue weighted by molar-refractivity contribution is 0.485. The molecule has 0 aliphatic rings. The molecule has 0 aromatic heterocycles. The Morgan fingerprint density at radius 3 is 1.80 bits per heavy atom. The summed E-state index contributed by atoms with van der Waals surface area (Å²) in [4.78, 5) is 15.5. The summed E-state index contributed by atoms with van der Waals surface area (Å²) in [5, 5.41) is 0.